The number of hydrazone groups is 1. The number of carbonyl (C=O) groups is 1. The predicted octanol–water partition coefficient (Wildman–Crippen LogP) is 4.49. The van der Waals surface area contributed by atoms with Gasteiger partial charge in [0.2, 0.25) is 0 Å². The Morgan fingerprint density at radius 1 is 1.00 bits per heavy atom. The van der Waals surface area contributed by atoms with Crippen molar-refractivity contribution in [3.8, 4) is 11.5 Å². The zero-order valence-electron chi connectivity index (χ0n) is 17.2. The highest BCUT2D eigenvalue weighted by molar-refractivity contribution is 6.00. The van der Waals surface area contributed by atoms with E-state index in [2.05, 4.69) is 21.2 Å². The van der Waals surface area contributed by atoms with Crippen LogP contribution in [0.5, 0.6) is 11.5 Å². The molecule has 0 aliphatic rings. The zero-order chi connectivity index (χ0) is 21.5. The van der Waals surface area contributed by atoms with Crippen LogP contribution in [0.1, 0.15) is 15.9 Å². The second-order valence-corrected chi connectivity index (χ2v) is 6.89. The molecule has 0 bridgehead atoms. The van der Waals surface area contributed by atoms with E-state index in [9.17, 15) is 4.79 Å². The first kappa shape index (κ1) is 20.2. The molecule has 6 nitrogen and oxygen atoms in total. The summed E-state index contributed by atoms with van der Waals surface area (Å²) in [5.74, 6) is 1.29. The topological polar surface area (TPSA) is 64.8 Å². The summed E-state index contributed by atoms with van der Waals surface area (Å²) in [5, 5.41) is 5.20. The number of methoxy groups -OCH3 is 1. The molecule has 0 saturated carbocycles. The molecule has 0 saturated heterocycles. The van der Waals surface area contributed by atoms with Crippen molar-refractivity contribution >= 4 is 23.0 Å². The van der Waals surface area contributed by atoms with E-state index in [4.69, 9.17) is 9.47 Å². The highest BCUT2D eigenvalue weighted by atomic mass is 16.5. The van der Waals surface area contributed by atoms with Gasteiger partial charge in [-0.05, 0) is 30.3 Å². The van der Waals surface area contributed by atoms with Gasteiger partial charge in [-0.1, -0.05) is 42.5 Å². The van der Waals surface area contributed by atoms with Gasteiger partial charge in [0, 0.05) is 34.3 Å². The summed E-state index contributed by atoms with van der Waals surface area (Å²) in [5.41, 5.74) is 5.15. The number of benzene rings is 3. The van der Waals surface area contributed by atoms with Gasteiger partial charge in [-0.3, -0.25) is 4.79 Å². The van der Waals surface area contributed by atoms with Crippen molar-refractivity contribution in [2.24, 2.45) is 5.10 Å². The van der Waals surface area contributed by atoms with Gasteiger partial charge in [0.25, 0.3) is 5.91 Å². The Labute approximate surface area is 180 Å². The third-order valence-corrected chi connectivity index (χ3v) is 4.87. The molecule has 1 aromatic heterocycles. The van der Waals surface area contributed by atoms with Gasteiger partial charge >= 0.3 is 0 Å². The standard InChI is InChI=1S/C25H23N3O3/c1-30-21-10-7-11-22(16-21)31-15-14-28-18-20(23-12-5-6-13-24(23)28)17-26-27-25(29)19-8-3-2-4-9-19/h2-13,16-18H,14-15H2,1H3,(H,27,29). The summed E-state index contributed by atoms with van der Waals surface area (Å²) < 4.78 is 13.2. The second kappa shape index (κ2) is 9.63. The highest BCUT2D eigenvalue weighted by Gasteiger charge is 2.08. The van der Waals surface area contributed by atoms with Gasteiger partial charge < -0.3 is 14.0 Å². The Morgan fingerprint density at radius 3 is 2.61 bits per heavy atom. The average Bonchev–Trinajstić information content (AvgIpc) is 3.17. The van der Waals surface area contributed by atoms with Crippen LogP contribution in [0.2, 0.25) is 0 Å². The van der Waals surface area contributed by atoms with Gasteiger partial charge in [-0.2, -0.15) is 5.10 Å². The molecule has 156 valence electrons. The van der Waals surface area contributed by atoms with E-state index in [-0.39, 0.29) is 5.91 Å². The quantitative estimate of drug-likeness (QED) is 0.342. The number of ether oxygens (including phenoxy) is 2. The molecular formula is C25H23N3O3. The summed E-state index contributed by atoms with van der Waals surface area (Å²) in [4.78, 5) is 12.2. The van der Waals surface area contributed by atoms with Crippen LogP contribution in [0.25, 0.3) is 10.9 Å². The molecule has 1 N–H and O–H groups in total. The van der Waals surface area contributed by atoms with Gasteiger partial charge in [0.15, 0.2) is 0 Å². The van der Waals surface area contributed by atoms with Crippen molar-refractivity contribution in [2.75, 3.05) is 13.7 Å². The maximum Gasteiger partial charge on any atom is 0.271 e. The lowest BCUT2D eigenvalue weighted by atomic mass is 10.2. The first-order chi connectivity index (χ1) is 15.2. The Kier molecular flexibility index (Phi) is 6.28. The summed E-state index contributed by atoms with van der Waals surface area (Å²) in [7, 11) is 1.64. The lowest BCUT2D eigenvalue weighted by molar-refractivity contribution is 0.0955. The monoisotopic (exact) mass is 413 g/mol. The molecule has 4 aromatic rings. The van der Waals surface area contributed by atoms with Gasteiger partial charge in [0.1, 0.15) is 18.1 Å². The van der Waals surface area contributed by atoms with Crippen molar-refractivity contribution in [2.45, 2.75) is 6.54 Å². The van der Waals surface area contributed by atoms with E-state index in [1.807, 2.05) is 66.9 Å². The third-order valence-electron chi connectivity index (χ3n) is 4.87. The number of nitrogens with one attached hydrogen (secondary N) is 1. The number of hydrogen-bond acceptors (Lipinski definition) is 4. The minimum Gasteiger partial charge on any atom is -0.497 e. The van der Waals surface area contributed by atoms with Crippen LogP contribution in [0.4, 0.5) is 0 Å². The van der Waals surface area contributed by atoms with Gasteiger partial charge in [-0.25, -0.2) is 5.43 Å². The Hall–Kier alpha value is -4.06. The third kappa shape index (κ3) is 4.93. The summed E-state index contributed by atoms with van der Waals surface area (Å²) in [6.07, 6.45) is 3.68. The first-order valence-electron chi connectivity index (χ1n) is 9.98. The van der Waals surface area contributed by atoms with Crippen molar-refractivity contribution in [1.29, 1.82) is 0 Å². The molecule has 0 fully saturated rings. The van der Waals surface area contributed by atoms with E-state index in [0.717, 1.165) is 28.0 Å². The van der Waals surface area contributed by atoms with Crippen molar-refractivity contribution < 1.29 is 14.3 Å². The number of fused-ring (bicyclic) bond motifs is 1. The zero-order valence-corrected chi connectivity index (χ0v) is 17.2. The fraction of sp³-hybridized carbons (Fsp3) is 0.120. The Balaban J connectivity index is 1.44. The summed E-state index contributed by atoms with van der Waals surface area (Å²) in [6.45, 7) is 1.18. The molecule has 0 spiro atoms. The highest BCUT2D eigenvalue weighted by Crippen LogP contribution is 2.21. The number of nitrogens with zero attached hydrogens (tertiary/aromatic N) is 2. The van der Waals surface area contributed by atoms with Crippen LogP contribution < -0.4 is 14.9 Å². The molecule has 0 radical (unpaired) electrons. The smallest absolute Gasteiger partial charge is 0.271 e. The van der Waals surface area contributed by atoms with Crippen LogP contribution in [0, 0.1) is 0 Å². The van der Waals surface area contributed by atoms with Gasteiger partial charge in [0.05, 0.1) is 19.9 Å². The van der Waals surface area contributed by atoms with Crippen LogP contribution in [-0.2, 0) is 6.54 Å². The predicted molar refractivity (Wildman–Crippen MR) is 122 cm³/mol. The van der Waals surface area contributed by atoms with Crippen LogP contribution in [0.3, 0.4) is 0 Å². The van der Waals surface area contributed by atoms with E-state index < -0.39 is 0 Å². The fourth-order valence-corrected chi connectivity index (χ4v) is 3.33. The first-order valence-corrected chi connectivity index (χ1v) is 9.98. The molecule has 31 heavy (non-hydrogen) atoms. The normalized spacial score (nSPS) is 11.0. The molecule has 0 unspecified atom stereocenters. The number of amides is 1. The summed E-state index contributed by atoms with van der Waals surface area (Å²) >= 11 is 0. The largest absolute Gasteiger partial charge is 0.497 e. The molecule has 0 aliphatic heterocycles. The Morgan fingerprint density at radius 2 is 1.77 bits per heavy atom. The summed E-state index contributed by atoms with van der Waals surface area (Å²) in [6, 6.07) is 24.6. The molecule has 0 atom stereocenters. The van der Waals surface area contributed by atoms with E-state index in [0.29, 0.717) is 18.7 Å². The second-order valence-electron chi connectivity index (χ2n) is 6.89. The van der Waals surface area contributed by atoms with E-state index in [1.165, 1.54) is 0 Å². The average molecular weight is 413 g/mol. The molecule has 0 aliphatic carbocycles. The fourth-order valence-electron chi connectivity index (χ4n) is 3.33. The van der Waals surface area contributed by atoms with E-state index >= 15 is 0 Å². The maximum atomic E-state index is 12.2. The lowest BCUT2D eigenvalue weighted by Gasteiger charge is -2.09. The van der Waals surface area contributed by atoms with Crippen molar-refractivity contribution in [1.82, 2.24) is 9.99 Å². The molecule has 1 amide bonds. The number of rotatable bonds is 8. The number of hydrogen-bond donors (Lipinski definition) is 1. The van der Waals surface area contributed by atoms with Crippen molar-refractivity contribution in [3.63, 3.8) is 0 Å². The minimum atomic E-state index is -0.243. The van der Waals surface area contributed by atoms with Crippen LogP contribution in [0.15, 0.2) is 90.2 Å². The van der Waals surface area contributed by atoms with Crippen LogP contribution >= 0.6 is 0 Å². The molecule has 6 heteroatoms. The number of carbonyl (C=O) groups excluding carboxylic acids is 1. The molecule has 4 rings (SSSR count). The molecule has 3 aromatic carbocycles. The minimum absolute atomic E-state index is 0.243. The van der Waals surface area contributed by atoms with Gasteiger partial charge in [-0.15, -0.1) is 0 Å². The molecular weight excluding hydrogens is 390 g/mol. The molecule has 1 heterocycles. The SMILES string of the molecule is COc1cccc(OCCn2cc(C=NNC(=O)c3ccccc3)c3ccccc32)c1. The van der Waals surface area contributed by atoms with Crippen molar-refractivity contribution in [3.05, 3.63) is 96.2 Å². The Bertz CT molecular complexity index is 1200. The van der Waals surface area contributed by atoms with Crippen LogP contribution in [-0.4, -0.2) is 30.4 Å². The maximum absolute atomic E-state index is 12.2. The number of aromatic nitrogens is 1. The van der Waals surface area contributed by atoms with E-state index in [1.54, 1.807) is 25.5 Å². The lowest BCUT2D eigenvalue weighted by Crippen LogP contribution is -2.17. The number of para-hydroxylation sites is 1.